The van der Waals surface area contributed by atoms with Gasteiger partial charge in [-0.25, -0.2) is 9.80 Å². The summed E-state index contributed by atoms with van der Waals surface area (Å²) in [5, 5.41) is 12.5. The average molecular weight is 490 g/mol. The first-order chi connectivity index (χ1) is 15.2. The molecule has 11 heteroatoms. The number of aliphatic carboxylic acids is 1. The largest absolute Gasteiger partial charge is 0.479 e. The summed E-state index contributed by atoms with van der Waals surface area (Å²) >= 11 is 0. The highest BCUT2D eigenvalue weighted by Crippen LogP contribution is 2.42. The minimum Gasteiger partial charge on any atom is -0.479 e. The molecule has 182 valence electrons. The number of nitrogens with one attached hydrogen (secondary N) is 1. The van der Waals surface area contributed by atoms with Gasteiger partial charge in [0, 0.05) is 24.5 Å². The number of epoxide rings is 1. The first-order valence-corrected chi connectivity index (χ1v) is 13.5. The summed E-state index contributed by atoms with van der Waals surface area (Å²) in [6.07, 6.45) is 4.24. The number of hydrogen-bond donors (Lipinski definition) is 2. The molecule has 0 radical (unpaired) electrons. The van der Waals surface area contributed by atoms with Crippen LogP contribution in [0.3, 0.4) is 0 Å². The number of ether oxygens (including phenoxy) is 1. The van der Waals surface area contributed by atoms with Crippen molar-refractivity contribution in [3.05, 3.63) is 0 Å². The van der Waals surface area contributed by atoms with Gasteiger partial charge in [-0.2, -0.15) is 0 Å². The molecule has 2 amide bonds. The third-order valence-corrected chi connectivity index (χ3v) is 8.74. The highest BCUT2D eigenvalue weighted by Gasteiger charge is 2.67. The van der Waals surface area contributed by atoms with Crippen LogP contribution in [0.5, 0.6) is 0 Å². The van der Waals surface area contributed by atoms with Crippen LogP contribution in [0.2, 0.25) is 0 Å². The maximum absolute atomic E-state index is 13.2. The fourth-order valence-corrected chi connectivity index (χ4v) is 6.90. The normalized spacial score (nSPS) is 25.6. The van der Waals surface area contributed by atoms with Crippen LogP contribution < -0.4 is 5.43 Å². The topological polar surface area (TPSA) is 120 Å². The van der Waals surface area contributed by atoms with Gasteiger partial charge >= 0.3 is 5.97 Å². The second kappa shape index (κ2) is 12.2. The molecule has 2 aliphatic heterocycles. The van der Waals surface area contributed by atoms with Gasteiger partial charge < -0.3 is 14.6 Å². The number of carbonyl (C=O) groups is 4. The molecule has 2 saturated heterocycles. The first kappa shape index (κ1) is 26.9. The lowest BCUT2D eigenvalue weighted by Crippen LogP contribution is -2.59. The number of amides is 2. The van der Waals surface area contributed by atoms with Gasteiger partial charge in [-0.15, -0.1) is 5.12 Å². The first-order valence-electron chi connectivity index (χ1n) is 11.2. The van der Waals surface area contributed by atoms with Gasteiger partial charge in [0.25, 0.3) is 5.91 Å². The third-order valence-electron chi connectivity index (χ3n) is 5.73. The SMILES string of the molecule is CCC1(C(=O)O)OC1C(=O)N(C(C=O)CC(C)C)N(C)NC(=O)CCCCC1CCSS1. The Labute approximate surface area is 197 Å². The van der Waals surface area contributed by atoms with Gasteiger partial charge in [0.1, 0.15) is 12.3 Å². The molecule has 0 saturated carbocycles. The molecule has 32 heavy (non-hydrogen) atoms. The zero-order chi connectivity index (χ0) is 23.9. The van der Waals surface area contributed by atoms with E-state index in [0.29, 0.717) is 24.4 Å². The lowest BCUT2D eigenvalue weighted by atomic mass is 10.00. The molecular formula is C21H35N3O6S2. The lowest BCUT2D eigenvalue weighted by molar-refractivity contribution is -0.167. The van der Waals surface area contributed by atoms with Crippen LogP contribution in [0.15, 0.2) is 0 Å². The quantitative estimate of drug-likeness (QED) is 0.125. The Bertz CT molecular complexity index is 688. The molecule has 9 nitrogen and oxygen atoms in total. The number of aldehydes is 1. The van der Waals surface area contributed by atoms with Crippen molar-refractivity contribution in [2.45, 2.75) is 88.7 Å². The van der Waals surface area contributed by atoms with E-state index < -0.39 is 29.6 Å². The van der Waals surface area contributed by atoms with Crippen LogP contribution in [0.25, 0.3) is 0 Å². The molecule has 0 aromatic heterocycles. The van der Waals surface area contributed by atoms with Crippen LogP contribution >= 0.6 is 21.6 Å². The van der Waals surface area contributed by atoms with E-state index >= 15 is 0 Å². The number of nitrogens with zero attached hydrogens (tertiary/aromatic N) is 2. The Balaban J connectivity index is 1.99. The fraction of sp³-hybridized carbons (Fsp3) is 0.810. The van der Waals surface area contributed by atoms with Gasteiger partial charge in [-0.1, -0.05) is 48.8 Å². The molecule has 2 aliphatic rings. The molecule has 2 N–H and O–H groups in total. The Morgan fingerprint density at radius 1 is 1.31 bits per heavy atom. The Morgan fingerprint density at radius 2 is 2.03 bits per heavy atom. The Morgan fingerprint density at radius 3 is 2.53 bits per heavy atom. The Hall–Kier alpha value is -1.30. The highest BCUT2D eigenvalue weighted by atomic mass is 33.1. The molecule has 4 unspecified atom stereocenters. The second-order valence-corrected chi connectivity index (χ2v) is 11.5. The van der Waals surface area contributed by atoms with Crippen molar-refractivity contribution in [2.24, 2.45) is 5.92 Å². The van der Waals surface area contributed by atoms with Crippen LogP contribution in [-0.4, -0.2) is 75.1 Å². The summed E-state index contributed by atoms with van der Waals surface area (Å²) < 4.78 is 5.29. The third kappa shape index (κ3) is 6.85. The summed E-state index contributed by atoms with van der Waals surface area (Å²) in [5.41, 5.74) is 1.08. The van der Waals surface area contributed by atoms with E-state index in [9.17, 15) is 24.3 Å². The minimum absolute atomic E-state index is 0.103. The predicted octanol–water partition coefficient (Wildman–Crippen LogP) is 2.65. The van der Waals surface area contributed by atoms with Crippen molar-refractivity contribution in [3.8, 4) is 0 Å². The van der Waals surface area contributed by atoms with Crippen molar-refractivity contribution in [2.75, 3.05) is 12.8 Å². The molecule has 2 rings (SSSR count). The van der Waals surface area contributed by atoms with Crippen LogP contribution in [0.1, 0.15) is 65.7 Å². The Kier molecular flexibility index (Phi) is 10.3. The number of carboxylic acid groups (broad SMARTS) is 1. The standard InChI is InChI=1S/C21H35N3O6S2/c1-5-21(20(28)29)18(30-21)19(27)24(15(13-25)12-14(2)3)23(4)22-17(26)9-7-6-8-16-10-11-31-32-16/h13-16,18H,5-12H2,1-4H3,(H,22,26)(H,28,29). The predicted molar refractivity (Wildman–Crippen MR) is 125 cm³/mol. The maximum Gasteiger partial charge on any atom is 0.339 e. The van der Waals surface area contributed by atoms with Gasteiger partial charge in [0.15, 0.2) is 6.10 Å². The summed E-state index contributed by atoms with van der Waals surface area (Å²) in [6.45, 7) is 5.46. The van der Waals surface area contributed by atoms with Crippen molar-refractivity contribution in [1.82, 2.24) is 15.6 Å². The molecule has 2 fully saturated rings. The summed E-state index contributed by atoms with van der Waals surface area (Å²) in [6, 6.07) is -0.850. The summed E-state index contributed by atoms with van der Waals surface area (Å²) in [7, 11) is 5.30. The fourth-order valence-electron chi connectivity index (χ4n) is 3.87. The number of hydrogen-bond acceptors (Lipinski definition) is 8. The monoisotopic (exact) mass is 489 g/mol. The average Bonchev–Trinajstić information content (AvgIpc) is 3.28. The number of rotatable bonds is 14. The summed E-state index contributed by atoms with van der Waals surface area (Å²) in [5.74, 6) is -0.831. The van der Waals surface area contributed by atoms with E-state index in [1.165, 1.54) is 24.3 Å². The van der Waals surface area contributed by atoms with E-state index in [2.05, 4.69) is 5.43 Å². The number of unbranched alkanes of at least 4 members (excludes halogenated alkanes) is 1. The second-order valence-electron chi connectivity index (χ2n) is 8.70. The van der Waals surface area contributed by atoms with E-state index in [4.69, 9.17) is 4.74 Å². The van der Waals surface area contributed by atoms with Gasteiger partial charge in [0.2, 0.25) is 11.5 Å². The van der Waals surface area contributed by atoms with Crippen molar-refractivity contribution >= 4 is 45.7 Å². The van der Waals surface area contributed by atoms with Crippen molar-refractivity contribution in [1.29, 1.82) is 0 Å². The van der Waals surface area contributed by atoms with E-state index in [1.54, 1.807) is 6.92 Å². The highest BCUT2D eigenvalue weighted by molar-refractivity contribution is 8.77. The summed E-state index contributed by atoms with van der Waals surface area (Å²) in [4.78, 5) is 49.1. The van der Waals surface area contributed by atoms with Crippen LogP contribution in [-0.2, 0) is 23.9 Å². The lowest BCUT2D eigenvalue weighted by Gasteiger charge is -2.36. The smallest absolute Gasteiger partial charge is 0.339 e. The minimum atomic E-state index is -1.58. The van der Waals surface area contributed by atoms with E-state index in [0.717, 1.165) is 24.3 Å². The number of carboxylic acids is 1. The molecule has 4 atom stereocenters. The molecule has 0 spiro atoms. The van der Waals surface area contributed by atoms with Crippen molar-refractivity contribution < 1.29 is 29.0 Å². The van der Waals surface area contributed by atoms with Gasteiger partial charge in [0.05, 0.1) is 0 Å². The molecular weight excluding hydrogens is 454 g/mol. The van der Waals surface area contributed by atoms with E-state index in [1.807, 2.05) is 35.4 Å². The van der Waals surface area contributed by atoms with Crippen molar-refractivity contribution in [3.63, 3.8) is 0 Å². The number of carbonyl (C=O) groups excluding carboxylic acids is 3. The van der Waals surface area contributed by atoms with Gasteiger partial charge in [-0.05, 0) is 38.0 Å². The number of hydrazine groups is 2. The van der Waals surface area contributed by atoms with E-state index in [-0.39, 0.29) is 18.2 Å². The zero-order valence-electron chi connectivity index (χ0n) is 19.2. The van der Waals surface area contributed by atoms with Crippen LogP contribution in [0, 0.1) is 5.92 Å². The molecule has 2 heterocycles. The zero-order valence-corrected chi connectivity index (χ0v) is 20.9. The maximum atomic E-state index is 13.2. The molecule has 0 aromatic rings. The molecule has 0 bridgehead atoms. The molecule has 0 aliphatic carbocycles. The van der Waals surface area contributed by atoms with Crippen LogP contribution in [0.4, 0.5) is 0 Å². The van der Waals surface area contributed by atoms with Gasteiger partial charge in [-0.3, -0.25) is 15.0 Å². The molecule has 0 aromatic carbocycles.